The van der Waals surface area contributed by atoms with Gasteiger partial charge < -0.3 is 9.84 Å². The van der Waals surface area contributed by atoms with Crippen molar-refractivity contribution in [1.29, 1.82) is 0 Å². The molecule has 0 fully saturated rings. The molecule has 0 aliphatic rings. The fourth-order valence-electron chi connectivity index (χ4n) is 2.22. The van der Waals surface area contributed by atoms with E-state index in [1.165, 1.54) is 6.33 Å². The Hall–Kier alpha value is -2.96. The first-order chi connectivity index (χ1) is 10.6. The van der Waals surface area contributed by atoms with E-state index in [1.807, 2.05) is 31.2 Å². The summed E-state index contributed by atoms with van der Waals surface area (Å²) in [7, 11) is 0. The molecular weight excluding hydrogens is 282 g/mol. The lowest BCUT2D eigenvalue weighted by molar-refractivity contribution is -0.115. The number of amides is 1. The first-order valence-corrected chi connectivity index (χ1v) is 6.81. The lowest BCUT2D eigenvalue weighted by Crippen LogP contribution is -2.16. The van der Waals surface area contributed by atoms with Crippen LogP contribution in [0.4, 0.5) is 5.69 Å². The number of benzene rings is 1. The van der Waals surface area contributed by atoms with Crippen LogP contribution in [0.15, 0.2) is 41.4 Å². The van der Waals surface area contributed by atoms with Gasteiger partial charge in [0.25, 0.3) is 0 Å². The summed E-state index contributed by atoms with van der Waals surface area (Å²) < 4.78 is 6.68. The minimum atomic E-state index is -0.137. The highest BCUT2D eigenvalue weighted by molar-refractivity contribution is 5.94. The Morgan fingerprint density at radius 3 is 2.82 bits per heavy atom. The summed E-state index contributed by atoms with van der Waals surface area (Å²) in [5.41, 5.74) is 2.98. The van der Waals surface area contributed by atoms with E-state index >= 15 is 0 Å². The predicted molar refractivity (Wildman–Crippen MR) is 79.7 cm³/mol. The molecule has 0 aliphatic carbocycles. The van der Waals surface area contributed by atoms with E-state index in [2.05, 4.69) is 20.6 Å². The number of anilines is 1. The predicted octanol–water partition coefficient (Wildman–Crippen LogP) is 2.05. The van der Waals surface area contributed by atoms with Gasteiger partial charge in [-0.05, 0) is 26.0 Å². The fourth-order valence-corrected chi connectivity index (χ4v) is 2.22. The average Bonchev–Trinajstić information content (AvgIpc) is 3.13. The first-order valence-electron chi connectivity index (χ1n) is 6.81. The van der Waals surface area contributed by atoms with Crippen LogP contribution in [0.1, 0.15) is 17.0 Å². The van der Waals surface area contributed by atoms with Crippen molar-refractivity contribution in [3.8, 4) is 5.69 Å². The van der Waals surface area contributed by atoms with Gasteiger partial charge in [0.15, 0.2) is 0 Å². The maximum atomic E-state index is 12.3. The Bertz CT molecular complexity index is 773. The highest BCUT2D eigenvalue weighted by Gasteiger charge is 2.15. The third-order valence-corrected chi connectivity index (χ3v) is 3.36. The van der Waals surface area contributed by atoms with Crippen molar-refractivity contribution in [3.63, 3.8) is 0 Å². The zero-order valence-electron chi connectivity index (χ0n) is 12.3. The molecule has 7 heteroatoms. The zero-order chi connectivity index (χ0) is 15.5. The number of hydrogen-bond acceptors (Lipinski definition) is 5. The molecule has 0 spiro atoms. The molecule has 0 radical (unpaired) electrons. The van der Waals surface area contributed by atoms with E-state index in [4.69, 9.17) is 4.52 Å². The van der Waals surface area contributed by atoms with Gasteiger partial charge >= 0.3 is 0 Å². The van der Waals surface area contributed by atoms with E-state index in [0.717, 1.165) is 16.9 Å². The maximum Gasteiger partial charge on any atom is 0.229 e. The summed E-state index contributed by atoms with van der Waals surface area (Å²) in [6.45, 7) is 3.62. The van der Waals surface area contributed by atoms with Crippen LogP contribution in [0.2, 0.25) is 0 Å². The third kappa shape index (κ3) is 2.73. The maximum absolute atomic E-state index is 12.3. The molecule has 0 unspecified atom stereocenters. The highest BCUT2D eigenvalue weighted by atomic mass is 16.5. The van der Waals surface area contributed by atoms with E-state index < -0.39 is 0 Å². The number of carbonyl (C=O) groups excluding carboxylic acids is 1. The Kier molecular flexibility index (Phi) is 3.69. The summed E-state index contributed by atoms with van der Waals surface area (Å²) in [4.78, 5) is 16.2. The van der Waals surface area contributed by atoms with Crippen LogP contribution >= 0.6 is 0 Å². The van der Waals surface area contributed by atoms with Crippen molar-refractivity contribution < 1.29 is 9.32 Å². The Labute approximate surface area is 127 Å². The minimum Gasteiger partial charge on any atom is -0.361 e. The zero-order valence-corrected chi connectivity index (χ0v) is 12.3. The van der Waals surface area contributed by atoms with Gasteiger partial charge in [0.05, 0.1) is 23.5 Å². The van der Waals surface area contributed by atoms with Crippen molar-refractivity contribution in [3.05, 3.63) is 53.9 Å². The number of nitrogens with one attached hydrogen (secondary N) is 1. The van der Waals surface area contributed by atoms with Gasteiger partial charge in [0, 0.05) is 5.56 Å². The normalized spacial score (nSPS) is 10.6. The van der Waals surface area contributed by atoms with Crippen LogP contribution in [0, 0.1) is 13.8 Å². The SMILES string of the molecule is Cc1noc(C)c1CC(=O)Nc1ccccc1-n1cncn1. The number of hydrogen-bond donors (Lipinski definition) is 1. The summed E-state index contributed by atoms with van der Waals surface area (Å²) in [6.07, 6.45) is 3.24. The quantitative estimate of drug-likeness (QED) is 0.796. The van der Waals surface area contributed by atoms with E-state index in [-0.39, 0.29) is 12.3 Å². The van der Waals surface area contributed by atoms with Crippen molar-refractivity contribution in [2.24, 2.45) is 0 Å². The number of nitrogens with zero attached hydrogens (tertiary/aromatic N) is 4. The van der Waals surface area contributed by atoms with Crippen LogP contribution in [0.3, 0.4) is 0 Å². The van der Waals surface area contributed by atoms with Crippen molar-refractivity contribution in [2.75, 3.05) is 5.32 Å². The lowest BCUT2D eigenvalue weighted by atomic mass is 10.1. The van der Waals surface area contributed by atoms with Crippen LogP contribution in [-0.2, 0) is 11.2 Å². The van der Waals surface area contributed by atoms with Gasteiger partial charge in [0.2, 0.25) is 5.91 Å². The Balaban J connectivity index is 1.81. The van der Waals surface area contributed by atoms with Crippen LogP contribution in [-0.4, -0.2) is 25.8 Å². The molecule has 0 saturated carbocycles. The molecule has 3 rings (SSSR count). The molecule has 7 nitrogen and oxygen atoms in total. The lowest BCUT2D eigenvalue weighted by Gasteiger charge is -2.10. The molecular formula is C15H15N5O2. The second-order valence-corrected chi connectivity index (χ2v) is 4.88. The topological polar surface area (TPSA) is 85.8 Å². The molecule has 3 aromatic rings. The Morgan fingerprint density at radius 2 is 2.14 bits per heavy atom. The number of para-hydroxylation sites is 2. The fraction of sp³-hybridized carbons (Fsp3) is 0.200. The molecule has 2 heterocycles. The summed E-state index contributed by atoms with van der Waals surface area (Å²) in [6, 6.07) is 7.41. The van der Waals surface area contributed by atoms with Gasteiger partial charge in [-0.15, -0.1) is 0 Å². The molecule has 1 aromatic carbocycles. The molecule has 1 amide bonds. The second kappa shape index (κ2) is 5.80. The van der Waals surface area contributed by atoms with Gasteiger partial charge in [0.1, 0.15) is 18.4 Å². The standard InChI is InChI=1S/C15H15N5O2/c1-10-12(11(2)22-19-10)7-15(21)18-13-5-3-4-6-14(13)20-9-16-8-17-20/h3-6,8-9H,7H2,1-2H3,(H,18,21). The summed E-state index contributed by atoms with van der Waals surface area (Å²) in [5, 5.41) is 10.8. The van der Waals surface area contributed by atoms with Gasteiger partial charge in [-0.1, -0.05) is 17.3 Å². The Morgan fingerprint density at radius 1 is 1.32 bits per heavy atom. The highest BCUT2D eigenvalue weighted by Crippen LogP contribution is 2.20. The number of carbonyl (C=O) groups is 1. The number of rotatable bonds is 4. The van der Waals surface area contributed by atoms with E-state index in [0.29, 0.717) is 11.4 Å². The molecule has 0 aliphatic heterocycles. The molecule has 22 heavy (non-hydrogen) atoms. The molecule has 1 N–H and O–H groups in total. The average molecular weight is 297 g/mol. The minimum absolute atomic E-state index is 0.137. The second-order valence-electron chi connectivity index (χ2n) is 4.88. The third-order valence-electron chi connectivity index (χ3n) is 3.36. The van der Waals surface area contributed by atoms with Gasteiger partial charge in [-0.3, -0.25) is 4.79 Å². The monoisotopic (exact) mass is 297 g/mol. The van der Waals surface area contributed by atoms with Crippen LogP contribution in [0.5, 0.6) is 0 Å². The number of aromatic nitrogens is 4. The largest absolute Gasteiger partial charge is 0.361 e. The van der Waals surface area contributed by atoms with Crippen molar-refractivity contribution in [2.45, 2.75) is 20.3 Å². The smallest absolute Gasteiger partial charge is 0.229 e. The van der Waals surface area contributed by atoms with Gasteiger partial charge in [-0.2, -0.15) is 5.10 Å². The first kappa shape index (κ1) is 14.0. The molecule has 0 saturated heterocycles. The van der Waals surface area contributed by atoms with Crippen molar-refractivity contribution >= 4 is 11.6 Å². The molecule has 112 valence electrons. The molecule has 0 atom stereocenters. The number of aryl methyl sites for hydroxylation is 2. The summed E-state index contributed by atoms with van der Waals surface area (Å²) >= 11 is 0. The molecule has 2 aromatic heterocycles. The van der Waals surface area contributed by atoms with Crippen molar-refractivity contribution in [1.82, 2.24) is 19.9 Å². The van der Waals surface area contributed by atoms with Crippen LogP contribution < -0.4 is 5.32 Å². The van der Waals surface area contributed by atoms with Crippen LogP contribution in [0.25, 0.3) is 5.69 Å². The van der Waals surface area contributed by atoms with Gasteiger partial charge in [-0.25, -0.2) is 9.67 Å². The molecule has 0 bridgehead atoms. The van der Waals surface area contributed by atoms with E-state index in [9.17, 15) is 4.79 Å². The van der Waals surface area contributed by atoms with E-state index in [1.54, 1.807) is 17.9 Å². The summed E-state index contributed by atoms with van der Waals surface area (Å²) in [5.74, 6) is 0.527.